The zero-order valence-corrected chi connectivity index (χ0v) is 19.1. The van der Waals surface area contributed by atoms with E-state index in [0.717, 1.165) is 22.4 Å². The molecule has 3 saturated carbocycles. The third kappa shape index (κ3) is 4.05. The first-order valence-corrected chi connectivity index (χ1v) is 11.1. The monoisotopic (exact) mass is 444 g/mol. The SMILES string of the molecule is Cc1nnccc1CNC(=O)Cn1ncc(N[C@@H]2C[C@H]3C[C@@H]([C@H]2C)C3(C)C)c(Cl)c1=O. The highest BCUT2D eigenvalue weighted by atomic mass is 35.5. The van der Waals surface area contributed by atoms with Gasteiger partial charge in [0.15, 0.2) is 0 Å². The molecule has 2 aromatic heterocycles. The molecule has 4 atom stereocenters. The van der Waals surface area contributed by atoms with E-state index < -0.39 is 5.56 Å². The van der Waals surface area contributed by atoms with Crippen molar-refractivity contribution in [3.05, 3.63) is 45.1 Å². The highest BCUT2D eigenvalue weighted by Gasteiger charge is 2.56. The Balaban J connectivity index is 1.39. The molecule has 3 aliphatic rings. The Morgan fingerprint density at radius 1 is 1.35 bits per heavy atom. The molecule has 2 heterocycles. The van der Waals surface area contributed by atoms with Gasteiger partial charge in [-0.15, -0.1) is 0 Å². The molecular weight excluding hydrogens is 416 g/mol. The van der Waals surface area contributed by atoms with Gasteiger partial charge in [0.05, 0.1) is 17.6 Å². The van der Waals surface area contributed by atoms with Gasteiger partial charge in [-0.2, -0.15) is 15.3 Å². The molecule has 0 spiro atoms. The first kappa shape index (κ1) is 21.7. The summed E-state index contributed by atoms with van der Waals surface area (Å²) in [5, 5.41) is 18.2. The van der Waals surface area contributed by atoms with Crippen LogP contribution in [0.2, 0.25) is 5.02 Å². The lowest BCUT2D eigenvalue weighted by molar-refractivity contribution is -0.122. The minimum atomic E-state index is -0.475. The van der Waals surface area contributed by atoms with Crippen LogP contribution >= 0.6 is 11.6 Å². The number of nitrogens with one attached hydrogen (secondary N) is 2. The zero-order valence-electron chi connectivity index (χ0n) is 18.4. The Kier molecular flexibility index (Phi) is 5.77. The largest absolute Gasteiger partial charge is 0.379 e. The fourth-order valence-electron chi connectivity index (χ4n) is 5.22. The summed E-state index contributed by atoms with van der Waals surface area (Å²) in [5.41, 5.74) is 2.07. The number of aryl methyl sites for hydroxylation is 1. The lowest BCUT2D eigenvalue weighted by Crippen LogP contribution is -2.58. The van der Waals surface area contributed by atoms with Crippen molar-refractivity contribution in [1.82, 2.24) is 25.3 Å². The van der Waals surface area contributed by atoms with Crippen LogP contribution in [-0.2, 0) is 17.9 Å². The standard InChI is InChI=1S/C22H29ClN6O2/c1-12-16-7-15(22(16,3)4)8-17(12)27-18-10-26-29(21(31)20(18)23)11-19(30)24-9-14-5-6-25-28-13(14)2/h5-6,10,12,15-17,27H,7-9,11H2,1-4H3,(H,24,30)/t12-,15-,16+,17-/m1/s1. The summed E-state index contributed by atoms with van der Waals surface area (Å²) < 4.78 is 1.09. The normalized spacial score (nSPS) is 26.1. The van der Waals surface area contributed by atoms with Crippen LogP contribution < -0.4 is 16.2 Å². The number of carbonyl (C=O) groups is 1. The Labute approximate surface area is 186 Å². The highest BCUT2D eigenvalue weighted by Crippen LogP contribution is 2.61. The van der Waals surface area contributed by atoms with Gasteiger partial charge in [-0.1, -0.05) is 32.4 Å². The van der Waals surface area contributed by atoms with Crippen LogP contribution in [0.1, 0.15) is 44.9 Å². The van der Waals surface area contributed by atoms with Crippen LogP contribution in [-0.4, -0.2) is 31.9 Å². The lowest BCUT2D eigenvalue weighted by atomic mass is 9.45. The number of fused-ring (bicyclic) bond motifs is 2. The number of rotatable bonds is 6. The minimum absolute atomic E-state index is 0.0719. The Morgan fingerprint density at radius 3 is 2.81 bits per heavy atom. The van der Waals surface area contributed by atoms with Crippen molar-refractivity contribution >= 4 is 23.2 Å². The Bertz CT molecular complexity index is 1050. The first-order chi connectivity index (χ1) is 14.7. The topological polar surface area (TPSA) is 102 Å². The summed E-state index contributed by atoms with van der Waals surface area (Å²) >= 11 is 6.36. The summed E-state index contributed by atoms with van der Waals surface area (Å²) in [5.74, 6) is 1.54. The van der Waals surface area contributed by atoms with Crippen molar-refractivity contribution in [2.45, 2.75) is 59.7 Å². The van der Waals surface area contributed by atoms with Crippen molar-refractivity contribution in [3.63, 3.8) is 0 Å². The van der Waals surface area contributed by atoms with Gasteiger partial charge in [0.25, 0.3) is 5.56 Å². The number of halogens is 1. The maximum absolute atomic E-state index is 12.7. The predicted octanol–water partition coefficient (Wildman–Crippen LogP) is 2.79. The molecule has 2 N–H and O–H groups in total. The van der Waals surface area contributed by atoms with E-state index in [0.29, 0.717) is 35.4 Å². The number of nitrogens with zero attached hydrogens (tertiary/aromatic N) is 4. The van der Waals surface area contributed by atoms with Crippen molar-refractivity contribution in [2.24, 2.45) is 23.2 Å². The molecular formula is C22H29ClN6O2. The fourth-order valence-corrected chi connectivity index (χ4v) is 5.42. The number of aromatic nitrogens is 4. The van der Waals surface area contributed by atoms with Crippen molar-refractivity contribution in [1.29, 1.82) is 0 Å². The molecule has 2 aromatic rings. The number of hydrogen-bond acceptors (Lipinski definition) is 6. The first-order valence-electron chi connectivity index (χ1n) is 10.7. The third-order valence-corrected chi connectivity index (χ3v) is 7.83. The summed E-state index contributed by atoms with van der Waals surface area (Å²) in [4.78, 5) is 25.0. The number of carbonyl (C=O) groups excluding carboxylic acids is 1. The fraction of sp³-hybridized carbons (Fsp3) is 0.591. The van der Waals surface area contributed by atoms with Crippen LogP contribution in [0.5, 0.6) is 0 Å². The molecule has 31 heavy (non-hydrogen) atoms. The van der Waals surface area contributed by atoms with Gasteiger partial charge in [-0.05, 0) is 54.6 Å². The summed E-state index contributed by atoms with van der Waals surface area (Å²) in [6.45, 7) is 8.91. The van der Waals surface area contributed by atoms with Crippen LogP contribution in [0.15, 0.2) is 23.3 Å². The van der Waals surface area contributed by atoms with E-state index in [1.54, 1.807) is 18.5 Å². The number of anilines is 1. The van der Waals surface area contributed by atoms with Gasteiger partial charge < -0.3 is 10.6 Å². The second kappa shape index (κ2) is 8.22. The molecule has 5 rings (SSSR count). The molecule has 1 amide bonds. The zero-order chi connectivity index (χ0) is 22.3. The highest BCUT2D eigenvalue weighted by molar-refractivity contribution is 6.32. The maximum Gasteiger partial charge on any atom is 0.288 e. The molecule has 2 bridgehead atoms. The molecule has 3 fully saturated rings. The van der Waals surface area contributed by atoms with Gasteiger partial charge >= 0.3 is 0 Å². The van der Waals surface area contributed by atoms with Crippen molar-refractivity contribution < 1.29 is 4.79 Å². The van der Waals surface area contributed by atoms with E-state index in [1.165, 1.54) is 6.42 Å². The number of hydrogen-bond donors (Lipinski definition) is 2. The molecule has 166 valence electrons. The molecule has 0 aliphatic heterocycles. The van der Waals surface area contributed by atoms with Gasteiger partial charge in [0.1, 0.15) is 11.6 Å². The van der Waals surface area contributed by atoms with E-state index >= 15 is 0 Å². The van der Waals surface area contributed by atoms with Gasteiger partial charge in [-0.3, -0.25) is 9.59 Å². The quantitative estimate of drug-likeness (QED) is 0.710. The molecule has 0 radical (unpaired) electrons. The maximum atomic E-state index is 12.7. The van der Waals surface area contributed by atoms with E-state index in [1.807, 2.05) is 6.92 Å². The smallest absolute Gasteiger partial charge is 0.288 e. The second-order valence-corrected chi connectivity index (χ2v) is 9.84. The van der Waals surface area contributed by atoms with Crippen LogP contribution in [0.25, 0.3) is 0 Å². The van der Waals surface area contributed by atoms with E-state index in [2.05, 4.69) is 46.7 Å². The van der Waals surface area contributed by atoms with Crippen LogP contribution in [0.3, 0.4) is 0 Å². The van der Waals surface area contributed by atoms with Gasteiger partial charge in [-0.25, -0.2) is 4.68 Å². The van der Waals surface area contributed by atoms with Crippen molar-refractivity contribution in [3.8, 4) is 0 Å². The summed E-state index contributed by atoms with van der Waals surface area (Å²) in [6.07, 6.45) is 5.47. The van der Waals surface area contributed by atoms with Crippen molar-refractivity contribution in [2.75, 3.05) is 5.32 Å². The Morgan fingerprint density at radius 2 is 2.13 bits per heavy atom. The van der Waals surface area contributed by atoms with E-state index in [9.17, 15) is 9.59 Å². The number of amides is 1. The molecule has 0 aromatic carbocycles. The minimum Gasteiger partial charge on any atom is -0.379 e. The van der Waals surface area contributed by atoms with E-state index in [4.69, 9.17) is 11.6 Å². The molecule has 8 nitrogen and oxygen atoms in total. The predicted molar refractivity (Wildman–Crippen MR) is 119 cm³/mol. The lowest BCUT2D eigenvalue weighted by Gasteiger charge is -2.62. The van der Waals surface area contributed by atoms with Crippen LogP contribution in [0.4, 0.5) is 5.69 Å². The van der Waals surface area contributed by atoms with E-state index in [-0.39, 0.29) is 23.5 Å². The third-order valence-electron chi connectivity index (χ3n) is 7.46. The van der Waals surface area contributed by atoms with Gasteiger partial charge in [0, 0.05) is 18.8 Å². The van der Waals surface area contributed by atoms with Gasteiger partial charge in [0.2, 0.25) is 5.91 Å². The molecule has 0 unspecified atom stereocenters. The molecule has 9 heteroatoms. The molecule has 0 saturated heterocycles. The Hall–Kier alpha value is -2.48. The summed E-state index contributed by atoms with van der Waals surface area (Å²) in [7, 11) is 0. The average Bonchev–Trinajstić information content (AvgIpc) is 2.73. The second-order valence-electron chi connectivity index (χ2n) is 9.46. The molecule has 3 aliphatic carbocycles. The van der Waals surface area contributed by atoms with Crippen LogP contribution in [0, 0.1) is 30.1 Å². The average molecular weight is 445 g/mol. The summed E-state index contributed by atoms with van der Waals surface area (Å²) in [6, 6.07) is 2.06.